The van der Waals surface area contributed by atoms with E-state index in [9.17, 15) is 0 Å². The van der Waals surface area contributed by atoms with Gasteiger partial charge in [-0.1, -0.05) is 0 Å². The lowest BCUT2D eigenvalue weighted by molar-refractivity contribution is 0.173. The van der Waals surface area contributed by atoms with Crippen molar-refractivity contribution >= 4 is 0 Å². The molecule has 0 atom stereocenters. The maximum absolute atomic E-state index is 8.82. The lowest BCUT2D eigenvalue weighted by atomic mass is 10.1. The quantitative estimate of drug-likeness (QED) is 0.757. The van der Waals surface area contributed by atoms with Crippen LogP contribution in [0.15, 0.2) is 12.1 Å². The van der Waals surface area contributed by atoms with Crippen molar-refractivity contribution in [1.29, 1.82) is 0 Å². The van der Waals surface area contributed by atoms with E-state index in [0.29, 0.717) is 13.2 Å². The SMILES string of the molecule is CC(C)(C)NCc1cc2c(cc1OCCCCO)OCO2. The molecular weight excluding hydrogens is 270 g/mol. The van der Waals surface area contributed by atoms with E-state index in [2.05, 4.69) is 26.1 Å². The lowest BCUT2D eigenvalue weighted by Gasteiger charge is -2.22. The van der Waals surface area contributed by atoms with Crippen molar-refractivity contribution < 1.29 is 19.3 Å². The van der Waals surface area contributed by atoms with Gasteiger partial charge in [0.15, 0.2) is 11.5 Å². The van der Waals surface area contributed by atoms with Crippen LogP contribution >= 0.6 is 0 Å². The molecule has 1 aromatic rings. The molecule has 0 unspecified atom stereocenters. The van der Waals surface area contributed by atoms with Gasteiger partial charge in [0.25, 0.3) is 0 Å². The molecule has 2 rings (SSSR count). The third-order valence-electron chi connectivity index (χ3n) is 3.17. The van der Waals surface area contributed by atoms with Crippen LogP contribution < -0.4 is 19.5 Å². The Morgan fingerprint density at radius 3 is 2.57 bits per heavy atom. The van der Waals surface area contributed by atoms with Crippen LogP contribution in [0, 0.1) is 0 Å². The molecule has 5 heteroatoms. The van der Waals surface area contributed by atoms with Crippen molar-refractivity contribution in [3.8, 4) is 17.2 Å². The Hall–Kier alpha value is -1.46. The van der Waals surface area contributed by atoms with Gasteiger partial charge in [-0.15, -0.1) is 0 Å². The van der Waals surface area contributed by atoms with Gasteiger partial charge in [-0.2, -0.15) is 0 Å². The van der Waals surface area contributed by atoms with E-state index < -0.39 is 0 Å². The van der Waals surface area contributed by atoms with E-state index in [1.807, 2.05) is 12.1 Å². The minimum Gasteiger partial charge on any atom is -0.493 e. The first-order chi connectivity index (χ1) is 9.99. The molecule has 0 radical (unpaired) electrons. The van der Waals surface area contributed by atoms with E-state index in [0.717, 1.165) is 35.7 Å². The zero-order valence-electron chi connectivity index (χ0n) is 13.1. The average Bonchev–Trinajstić information content (AvgIpc) is 2.87. The zero-order valence-corrected chi connectivity index (χ0v) is 13.1. The highest BCUT2D eigenvalue weighted by molar-refractivity contribution is 5.51. The molecule has 0 aliphatic carbocycles. The highest BCUT2D eigenvalue weighted by atomic mass is 16.7. The predicted octanol–water partition coefficient (Wildman–Crippen LogP) is 2.45. The van der Waals surface area contributed by atoms with Gasteiger partial charge >= 0.3 is 0 Å². The van der Waals surface area contributed by atoms with E-state index in [1.165, 1.54) is 0 Å². The highest BCUT2D eigenvalue weighted by Gasteiger charge is 2.19. The predicted molar refractivity (Wildman–Crippen MR) is 81.0 cm³/mol. The number of rotatable bonds is 7. The number of aliphatic hydroxyl groups is 1. The summed E-state index contributed by atoms with van der Waals surface area (Å²) in [4.78, 5) is 0. The number of nitrogens with one attached hydrogen (secondary N) is 1. The van der Waals surface area contributed by atoms with Gasteiger partial charge in [-0.05, 0) is 39.7 Å². The van der Waals surface area contributed by atoms with Crippen LogP contribution in [0.5, 0.6) is 17.2 Å². The smallest absolute Gasteiger partial charge is 0.231 e. The van der Waals surface area contributed by atoms with Crippen LogP contribution in [0.2, 0.25) is 0 Å². The van der Waals surface area contributed by atoms with Crippen molar-refractivity contribution in [2.24, 2.45) is 0 Å². The summed E-state index contributed by atoms with van der Waals surface area (Å²) in [5.74, 6) is 2.31. The fraction of sp³-hybridized carbons (Fsp3) is 0.625. The molecule has 0 saturated heterocycles. The van der Waals surface area contributed by atoms with Gasteiger partial charge in [-0.25, -0.2) is 0 Å². The van der Waals surface area contributed by atoms with Crippen LogP contribution in [-0.4, -0.2) is 30.7 Å². The van der Waals surface area contributed by atoms with Crippen molar-refractivity contribution in [2.75, 3.05) is 20.0 Å². The third kappa shape index (κ3) is 4.79. The molecule has 0 aromatic heterocycles. The maximum Gasteiger partial charge on any atom is 0.231 e. The molecule has 0 spiro atoms. The third-order valence-corrected chi connectivity index (χ3v) is 3.17. The monoisotopic (exact) mass is 295 g/mol. The first kappa shape index (κ1) is 15.9. The Bertz CT molecular complexity index is 468. The van der Waals surface area contributed by atoms with Crippen LogP contribution in [0.3, 0.4) is 0 Å². The fourth-order valence-corrected chi connectivity index (χ4v) is 1.99. The Labute approximate surface area is 126 Å². The first-order valence-corrected chi connectivity index (χ1v) is 7.41. The number of unbranched alkanes of at least 4 members (excludes halogenated alkanes) is 1. The van der Waals surface area contributed by atoms with Crippen LogP contribution in [0.1, 0.15) is 39.2 Å². The van der Waals surface area contributed by atoms with Gasteiger partial charge in [0.05, 0.1) is 6.61 Å². The molecule has 118 valence electrons. The minimum atomic E-state index is 0.0323. The second kappa shape index (κ2) is 7.00. The average molecular weight is 295 g/mol. The van der Waals surface area contributed by atoms with E-state index in [1.54, 1.807) is 0 Å². The number of hydrogen-bond donors (Lipinski definition) is 2. The lowest BCUT2D eigenvalue weighted by Crippen LogP contribution is -2.35. The molecule has 0 saturated carbocycles. The number of fused-ring (bicyclic) bond motifs is 1. The van der Waals surface area contributed by atoms with Crippen LogP contribution in [0.25, 0.3) is 0 Å². The van der Waals surface area contributed by atoms with Crippen molar-refractivity contribution in [3.05, 3.63) is 17.7 Å². The molecular formula is C16H25NO4. The summed E-state index contributed by atoms with van der Waals surface area (Å²) in [6, 6.07) is 3.86. The number of hydrogen-bond acceptors (Lipinski definition) is 5. The van der Waals surface area contributed by atoms with E-state index in [4.69, 9.17) is 19.3 Å². The molecule has 5 nitrogen and oxygen atoms in total. The molecule has 1 aliphatic heterocycles. The number of benzene rings is 1. The summed E-state index contributed by atoms with van der Waals surface area (Å²) in [7, 11) is 0. The van der Waals surface area contributed by atoms with Gasteiger partial charge in [0, 0.05) is 30.3 Å². The summed E-state index contributed by atoms with van der Waals surface area (Å²) in [6.07, 6.45) is 1.58. The standard InChI is InChI=1S/C16H25NO4/c1-16(2,3)17-10-12-8-14-15(21-11-20-14)9-13(12)19-7-5-4-6-18/h8-9,17-18H,4-7,10-11H2,1-3H3. The summed E-state index contributed by atoms with van der Waals surface area (Å²) in [5, 5.41) is 12.3. The largest absolute Gasteiger partial charge is 0.493 e. The summed E-state index contributed by atoms with van der Waals surface area (Å²) in [5.41, 5.74) is 1.09. The Balaban J connectivity index is 2.08. The Morgan fingerprint density at radius 1 is 1.19 bits per heavy atom. The minimum absolute atomic E-state index is 0.0323. The van der Waals surface area contributed by atoms with Crippen molar-refractivity contribution in [3.63, 3.8) is 0 Å². The normalized spacial score (nSPS) is 13.5. The van der Waals surface area contributed by atoms with Gasteiger partial charge in [0.1, 0.15) is 5.75 Å². The molecule has 1 aliphatic rings. The number of ether oxygens (including phenoxy) is 3. The van der Waals surface area contributed by atoms with Crippen molar-refractivity contribution in [2.45, 2.75) is 45.7 Å². The summed E-state index contributed by atoms with van der Waals surface area (Å²) < 4.78 is 16.7. The van der Waals surface area contributed by atoms with Gasteiger partial charge in [0.2, 0.25) is 6.79 Å². The molecule has 1 aromatic carbocycles. The molecule has 21 heavy (non-hydrogen) atoms. The topological polar surface area (TPSA) is 60.0 Å². The second-order valence-electron chi connectivity index (χ2n) is 6.20. The fourth-order valence-electron chi connectivity index (χ4n) is 1.99. The van der Waals surface area contributed by atoms with Gasteiger partial charge in [-0.3, -0.25) is 0 Å². The zero-order chi connectivity index (χ0) is 15.3. The van der Waals surface area contributed by atoms with E-state index in [-0.39, 0.29) is 18.9 Å². The Kier molecular flexibility index (Phi) is 5.31. The summed E-state index contributed by atoms with van der Waals surface area (Å²) in [6.45, 7) is 8.13. The molecule has 1 heterocycles. The van der Waals surface area contributed by atoms with Gasteiger partial charge < -0.3 is 24.6 Å². The second-order valence-corrected chi connectivity index (χ2v) is 6.20. The highest BCUT2D eigenvalue weighted by Crippen LogP contribution is 2.38. The summed E-state index contributed by atoms with van der Waals surface area (Å²) >= 11 is 0. The number of aliphatic hydroxyl groups excluding tert-OH is 1. The van der Waals surface area contributed by atoms with Crippen molar-refractivity contribution in [1.82, 2.24) is 5.32 Å². The molecule has 2 N–H and O–H groups in total. The molecule has 0 amide bonds. The molecule has 0 fully saturated rings. The first-order valence-electron chi connectivity index (χ1n) is 7.41. The molecule has 0 bridgehead atoms. The van der Waals surface area contributed by atoms with Crippen LogP contribution in [0.4, 0.5) is 0 Å². The Morgan fingerprint density at radius 2 is 1.90 bits per heavy atom. The van der Waals surface area contributed by atoms with E-state index >= 15 is 0 Å². The van der Waals surface area contributed by atoms with Crippen LogP contribution in [-0.2, 0) is 6.54 Å². The maximum atomic E-state index is 8.82.